The van der Waals surface area contributed by atoms with Crippen molar-refractivity contribution in [1.29, 1.82) is 0 Å². The number of fused-ring (bicyclic) bond motifs is 1. The van der Waals surface area contributed by atoms with E-state index in [9.17, 15) is 19.8 Å². The third kappa shape index (κ3) is 3.71. The number of methoxy groups -OCH3 is 1. The van der Waals surface area contributed by atoms with Gasteiger partial charge in [0, 0.05) is 29.2 Å². The van der Waals surface area contributed by atoms with Crippen molar-refractivity contribution in [3.05, 3.63) is 52.1 Å². The maximum Gasteiger partial charge on any atom is 0.341 e. The van der Waals surface area contributed by atoms with Crippen LogP contribution in [0.2, 0.25) is 0 Å². The molecule has 0 aliphatic rings. The Labute approximate surface area is 167 Å². The van der Waals surface area contributed by atoms with E-state index in [0.29, 0.717) is 11.1 Å². The van der Waals surface area contributed by atoms with Gasteiger partial charge in [-0.1, -0.05) is 19.9 Å². The van der Waals surface area contributed by atoms with E-state index in [1.807, 2.05) is 32.9 Å². The molecule has 0 radical (unpaired) electrons. The number of carboxylic acid groups (broad SMARTS) is 1. The zero-order valence-electron chi connectivity index (χ0n) is 16.7. The largest absolute Gasteiger partial charge is 0.480 e. The second kappa shape index (κ2) is 8.00. The molecule has 3 rings (SSSR count). The summed E-state index contributed by atoms with van der Waals surface area (Å²) in [5.74, 6) is -1.08. The van der Waals surface area contributed by atoms with E-state index < -0.39 is 17.4 Å². The summed E-state index contributed by atoms with van der Waals surface area (Å²) in [6.07, 6.45) is 2.89. The van der Waals surface area contributed by atoms with Crippen molar-refractivity contribution >= 4 is 17.0 Å². The third-order valence-electron chi connectivity index (χ3n) is 4.93. The van der Waals surface area contributed by atoms with Crippen LogP contribution in [0.1, 0.15) is 35.9 Å². The number of hydrogen-bond acceptors (Lipinski definition) is 6. The van der Waals surface area contributed by atoms with Crippen LogP contribution in [0.4, 0.5) is 0 Å². The fraction of sp³-hybridized carbons (Fsp3) is 0.333. The summed E-state index contributed by atoms with van der Waals surface area (Å²) in [6, 6.07) is 4.78. The fourth-order valence-corrected chi connectivity index (χ4v) is 3.27. The van der Waals surface area contributed by atoms with Gasteiger partial charge in [0.2, 0.25) is 11.3 Å². The highest BCUT2D eigenvalue weighted by Gasteiger charge is 2.24. The summed E-state index contributed by atoms with van der Waals surface area (Å²) < 4.78 is 7.00. The number of carbonyl (C=O) groups is 1. The lowest BCUT2D eigenvalue weighted by Gasteiger charge is -2.24. The van der Waals surface area contributed by atoms with Crippen LogP contribution in [0.25, 0.3) is 22.2 Å². The molecule has 3 heterocycles. The summed E-state index contributed by atoms with van der Waals surface area (Å²) >= 11 is 0. The maximum absolute atomic E-state index is 12.9. The minimum atomic E-state index is -1.33. The number of aliphatic hydroxyl groups is 1. The molecule has 3 aromatic rings. The zero-order chi connectivity index (χ0) is 21.3. The molecule has 0 aromatic carbocycles. The van der Waals surface area contributed by atoms with Gasteiger partial charge < -0.3 is 19.5 Å². The molecular formula is C21H23N3O5. The van der Waals surface area contributed by atoms with E-state index in [1.54, 1.807) is 16.8 Å². The molecule has 29 heavy (non-hydrogen) atoms. The van der Waals surface area contributed by atoms with Crippen LogP contribution in [0.3, 0.4) is 0 Å². The van der Waals surface area contributed by atoms with Gasteiger partial charge in [-0.25, -0.2) is 4.79 Å². The van der Waals surface area contributed by atoms with Crippen molar-refractivity contribution in [2.45, 2.75) is 26.8 Å². The smallest absolute Gasteiger partial charge is 0.341 e. The van der Waals surface area contributed by atoms with Crippen LogP contribution in [0.15, 0.2) is 35.4 Å². The van der Waals surface area contributed by atoms with E-state index in [4.69, 9.17) is 4.74 Å². The average molecular weight is 397 g/mol. The number of aliphatic hydroxyl groups excluding tert-OH is 1. The van der Waals surface area contributed by atoms with Crippen LogP contribution < -0.4 is 10.2 Å². The number of carboxylic acids is 1. The second-order valence-electron chi connectivity index (χ2n) is 7.18. The molecule has 3 aromatic heterocycles. The summed E-state index contributed by atoms with van der Waals surface area (Å²) in [5.41, 5.74) is 1.30. The highest BCUT2D eigenvalue weighted by atomic mass is 16.5. The molecule has 0 fully saturated rings. The summed E-state index contributed by atoms with van der Waals surface area (Å²) in [5, 5.41) is 19.5. The molecule has 0 aliphatic heterocycles. The number of ether oxygens (including phenoxy) is 1. The van der Waals surface area contributed by atoms with Gasteiger partial charge in [-0.2, -0.15) is 4.98 Å². The van der Waals surface area contributed by atoms with Gasteiger partial charge in [0.1, 0.15) is 11.2 Å². The monoisotopic (exact) mass is 397 g/mol. The molecule has 0 aliphatic carbocycles. The molecule has 0 saturated carbocycles. The van der Waals surface area contributed by atoms with Crippen molar-refractivity contribution in [2.75, 3.05) is 13.7 Å². The van der Waals surface area contributed by atoms with Crippen LogP contribution >= 0.6 is 0 Å². The van der Waals surface area contributed by atoms with Crippen molar-refractivity contribution in [2.24, 2.45) is 5.92 Å². The van der Waals surface area contributed by atoms with Gasteiger partial charge >= 0.3 is 5.97 Å². The van der Waals surface area contributed by atoms with Gasteiger partial charge in [0.15, 0.2) is 0 Å². The minimum absolute atomic E-state index is 0.0267. The Morgan fingerprint density at radius 2 is 2.03 bits per heavy atom. The first-order valence-corrected chi connectivity index (χ1v) is 9.19. The summed E-state index contributed by atoms with van der Waals surface area (Å²) in [7, 11) is 1.47. The molecular weight excluding hydrogens is 374 g/mol. The predicted molar refractivity (Wildman–Crippen MR) is 108 cm³/mol. The topological polar surface area (TPSA) is 115 Å². The van der Waals surface area contributed by atoms with Gasteiger partial charge in [-0.05, 0) is 25.0 Å². The molecule has 0 amide bonds. The molecule has 0 bridgehead atoms. The fourth-order valence-electron chi connectivity index (χ4n) is 3.27. The first-order valence-electron chi connectivity index (χ1n) is 9.19. The zero-order valence-corrected chi connectivity index (χ0v) is 16.7. The molecule has 0 saturated heterocycles. The first kappa shape index (κ1) is 20.5. The maximum atomic E-state index is 12.9. The number of hydrogen-bond donors (Lipinski definition) is 2. The Balaban J connectivity index is 2.42. The Morgan fingerprint density at radius 1 is 1.31 bits per heavy atom. The number of aromatic nitrogens is 3. The highest BCUT2D eigenvalue weighted by molar-refractivity contribution is 5.93. The molecule has 0 spiro atoms. The van der Waals surface area contributed by atoms with Gasteiger partial charge in [-0.15, -0.1) is 0 Å². The van der Waals surface area contributed by atoms with Crippen LogP contribution in [-0.2, 0) is 0 Å². The quantitative estimate of drug-likeness (QED) is 0.657. The Bertz CT molecular complexity index is 1120. The van der Waals surface area contributed by atoms with Gasteiger partial charge in [-0.3, -0.25) is 9.78 Å². The van der Waals surface area contributed by atoms with Crippen LogP contribution in [0.5, 0.6) is 5.88 Å². The summed E-state index contributed by atoms with van der Waals surface area (Å²) in [6.45, 7) is 5.42. The molecule has 8 heteroatoms. The SMILES string of the molecule is COc1nc2c(cc1-c1ccc(C)nc1)c(=O)c(C(=O)O)cn2[C@H](CO)C(C)C. The highest BCUT2D eigenvalue weighted by Crippen LogP contribution is 2.32. The number of rotatable bonds is 6. The van der Waals surface area contributed by atoms with Gasteiger partial charge in [0.25, 0.3) is 0 Å². The lowest BCUT2D eigenvalue weighted by Crippen LogP contribution is -2.26. The lowest BCUT2D eigenvalue weighted by atomic mass is 10.0. The number of pyridine rings is 3. The van der Waals surface area contributed by atoms with Crippen LogP contribution in [0, 0.1) is 12.8 Å². The van der Waals surface area contributed by atoms with E-state index in [2.05, 4.69) is 9.97 Å². The van der Waals surface area contributed by atoms with Crippen molar-refractivity contribution < 1.29 is 19.7 Å². The van der Waals surface area contributed by atoms with Crippen molar-refractivity contribution in [1.82, 2.24) is 14.5 Å². The molecule has 8 nitrogen and oxygen atoms in total. The lowest BCUT2D eigenvalue weighted by molar-refractivity contribution is 0.0694. The van der Waals surface area contributed by atoms with Crippen LogP contribution in [-0.4, -0.2) is 44.4 Å². The standard InChI is InChI=1S/C21H23N3O5/c1-11(2)17(10-25)24-9-16(21(27)28)18(26)15-7-14(20(29-4)23-19(15)24)13-6-5-12(3)22-8-13/h5-9,11,17,25H,10H2,1-4H3,(H,27,28)/t17-/m1/s1. The Kier molecular flexibility index (Phi) is 5.65. The molecule has 152 valence electrons. The van der Waals surface area contributed by atoms with E-state index >= 15 is 0 Å². The normalized spacial score (nSPS) is 12.3. The molecule has 2 N–H and O–H groups in total. The minimum Gasteiger partial charge on any atom is -0.480 e. The number of nitrogens with zero attached hydrogens (tertiary/aromatic N) is 3. The second-order valence-corrected chi connectivity index (χ2v) is 7.18. The summed E-state index contributed by atoms with van der Waals surface area (Å²) in [4.78, 5) is 33.4. The van der Waals surface area contributed by atoms with E-state index in [-0.39, 0.29) is 35.0 Å². The predicted octanol–water partition coefficient (Wildman–Crippen LogP) is 2.66. The van der Waals surface area contributed by atoms with Gasteiger partial charge in [0.05, 0.1) is 25.1 Å². The molecule has 0 unspecified atom stereocenters. The Morgan fingerprint density at radius 3 is 2.55 bits per heavy atom. The van der Waals surface area contributed by atoms with Crippen molar-refractivity contribution in [3.8, 4) is 17.0 Å². The van der Waals surface area contributed by atoms with Crippen molar-refractivity contribution in [3.63, 3.8) is 0 Å². The Hall–Kier alpha value is -3.26. The first-order chi connectivity index (χ1) is 13.8. The van der Waals surface area contributed by atoms with E-state index in [0.717, 1.165) is 5.69 Å². The molecule has 1 atom stereocenters. The van der Waals surface area contributed by atoms with E-state index in [1.165, 1.54) is 13.3 Å². The third-order valence-corrected chi connectivity index (χ3v) is 4.93. The number of aryl methyl sites for hydroxylation is 1. The number of aromatic carboxylic acids is 1. The average Bonchev–Trinajstić information content (AvgIpc) is 2.69.